The maximum atomic E-state index is 12.4. The van der Waals surface area contributed by atoms with Crippen molar-refractivity contribution in [3.05, 3.63) is 29.8 Å². The zero-order valence-electron chi connectivity index (χ0n) is 12.9. The molecule has 21 heavy (non-hydrogen) atoms. The zero-order chi connectivity index (χ0) is 15.2. The number of phenols is 1. The number of phenolic OH excluding ortho intramolecular Hbond substituents is 1. The van der Waals surface area contributed by atoms with Gasteiger partial charge in [0.1, 0.15) is 5.75 Å². The van der Waals surface area contributed by atoms with E-state index in [0.29, 0.717) is 25.4 Å². The summed E-state index contributed by atoms with van der Waals surface area (Å²) in [4.78, 5) is 14.3. The third-order valence-electron chi connectivity index (χ3n) is 3.74. The number of hydrogen-bond acceptors (Lipinski definition) is 3. The summed E-state index contributed by atoms with van der Waals surface area (Å²) in [6, 6.07) is 7.19. The number of nitrogens with zero attached hydrogens (tertiary/aromatic N) is 1. The van der Waals surface area contributed by atoms with Crippen LogP contribution in [0.25, 0.3) is 0 Å². The van der Waals surface area contributed by atoms with Crippen LogP contribution in [-0.2, 0) is 16.1 Å². The van der Waals surface area contributed by atoms with Crippen molar-refractivity contribution in [3.8, 4) is 5.75 Å². The molecule has 1 amide bonds. The average molecular weight is 291 g/mol. The van der Waals surface area contributed by atoms with Gasteiger partial charge >= 0.3 is 0 Å². The first-order chi connectivity index (χ1) is 10.1. The summed E-state index contributed by atoms with van der Waals surface area (Å²) in [5.41, 5.74) is 0.785. The van der Waals surface area contributed by atoms with E-state index in [0.717, 1.165) is 25.0 Å². The van der Waals surface area contributed by atoms with Crippen LogP contribution < -0.4 is 0 Å². The van der Waals surface area contributed by atoms with Crippen LogP contribution in [0.3, 0.4) is 0 Å². The Bertz CT molecular complexity index is 467. The molecule has 1 aromatic rings. The number of amides is 1. The summed E-state index contributed by atoms with van der Waals surface area (Å²) in [6.07, 6.45) is 2.73. The molecule has 0 bridgehead atoms. The van der Waals surface area contributed by atoms with Crippen molar-refractivity contribution in [3.63, 3.8) is 0 Å². The number of rotatable bonds is 6. The normalized spacial score (nSPS) is 18.1. The minimum atomic E-state index is 0.128. The maximum Gasteiger partial charge on any atom is 0.223 e. The van der Waals surface area contributed by atoms with Gasteiger partial charge in [-0.25, -0.2) is 0 Å². The van der Waals surface area contributed by atoms with Crippen LogP contribution in [0.2, 0.25) is 0 Å². The molecule has 0 aliphatic carbocycles. The van der Waals surface area contributed by atoms with Crippen molar-refractivity contribution in [1.82, 2.24) is 4.90 Å². The maximum absolute atomic E-state index is 12.4. The molecule has 1 heterocycles. The number of ether oxygens (including phenoxy) is 1. The lowest BCUT2D eigenvalue weighted by Gasteiger charge is -2.26. The second-order valence-corrected chi connectivity index (χ2v) is 6.14. The van der Waals surface area contributed by atoms with E-state index < -0.39 is 0 Å². The Labute approximate surface area is 126 Å². The van der Waals surface area contributed by atoms with E-state index in [2.05, 4.69) is 0 Å². The monoisotopic (exact) mass is 291 g/mol. The minimum absolute atomic E-state index is 0.128. The Morgan fingerprint density at radius 1 is 1.43 bits per heavy atom. The fourth-order valence-electron chi connectivity index (χ4n) is 2.62. The van der Waals surface area contributed by atoms with Crippen LogP contribution in [0, 0.1) is 5.92 Å². The fraction of sp³-hybridized carbons (Fsp3) is 0.588. The SMILES string of the molecule is CC(C)CC(=O)N(Cc1ccccc1O)CC1CCCO1. The van der Waals surface area contributed by atoms with Gasteiger partial charge < -0.3 is 14.7 Å². The second-order valence-electron chi connectivity index (χ2n) is 6.14. The second kappa shape index (κ2) is 7.46. The molecule has 2 rings (SSSR count). The largest absolute Gasteiger partial charge is 0.508 e. The van der Waals surface area contributed by atoms with Crippen molar-refractivity contribution in [2.24, 2.45) is 5.92 Å². The number of carbonyl (C=O) groups excluding carboxylic acids is 1. The Balaban J connectivity index is 2.06. The molecular weight excluding hydrogens is 266 g/mol. The predicted octanol–water partition coefficient (Wildman–Crippen LogP) is 2.95. The number of para-hydroxylation sites is 1. The van der Waals surface area contributed by atoms with Gasteiger partial charge in [0.15, 0.2) is 0 Å². The van der Waals surface area contributed by atoms with Gasteiger partial charge in [-0.2, -0.15) is 0 Å². The minimum Gasteiger partial charge on any atom is -0.508 e. The number of hydrogen-bond donors (Lipinski definition) is 1. The van der Waals surface area contributed by atoms with Crippen LogP contribution in [0.5, 0.6) is 5.75 Å². The van der Waals surface area contributed by atoms with Gasteiger partial charge in [-0.15, -0.1) is 0 Å². The van der Waals surface area contributed by atoms with Gasteiger partial charge in [0.2, 0.25) is 5.91 Å². The van der Waals surface area contributed by atoms with Gasteiger partial charge in [-0.1, -0.05) is 32.0 Å². The fourth-order valence-corrected chi connectivity index (χ4v) is 2.62. The number of benzene rings is 1. The summed E-state index contributed by atoms with van der Waals surface area (Å²) >= 11 is 0. The highest BCUT2D eigenvalue weighted by atomic mass is 16.5. The molecule has 1 aliphatic rings. The Hall–Kier alpha value is -1.55. The van der Waals surface area contributed by atoms with E-state index >= 15 is 0 Å². The number of aromatic hydroxyl groups is 1. The standard InChI is InChI=1S/C17H25NO3/c1-13(2)10-17(20)18(12-15-7-5-9-21-15)11-14-6-3-4-8-16(14)19/h3-4,6,8,13,15,19H,5,7,9-12H2,1-2H3. The molecule has 1 saturated heterocycles. The molecule has 0 aromatic heterocycles. The lowest BCUT2D eigenvalue weighted by atomic mass is 10.1. The zero-order valence-corrected chi connectivity index (χ0v) is 12.9. The summed E-state index contributed by atoms with van der Waals surface area (Å²) in [7, 11) is 0. The molecule has 4 nitrogen and oxygen atoms in total. The first-order valence-corrected chi connectivity index (χ1v) is 7.72. The smallest absolute Gasteiger partial charge is 0.223 e. The highest BCUT2D eigenvalue weighted by Gasteiger charge is 2.23. The molecule has 0 radical (unpaired) electrons. The van der Waals surface area contributed by atoms with Gasteiger partial charge in [0, 0.05) is 31.7 Å². The number of carbonyl (C=O) groups is 1. The van der Waals surface area contributed by atoms with Gasteiger partial charge in [0.25, 0.3) is 0 Å². The van der Waals surface area contributed by atoms with Crippen molar-refractivity contribution >= 4 is 5.91 Å². The Morgan fingerprint density at radius 2 is 2.19 bits per heavy atom. The van der Waals surface area contributed by atoms with Crippen LogP contribution in [-0.4, -0.2) is 35.2 Å². The van der Waals surface area contributed by atoms with Crippen molar-refractivity contribution in [1.29, 1.82) is 0 Å². The van der Waals surface area contributed by atoms with Crippen LogP contribution in [0.1, 0.15) is 38.7 Å². The van der Waals surface area contributed by atoms with Crippen molar-refractivity contribution < 1.29 is 14.6 Å². The summed E-state index contributed by atoms with van der Waals surface area (Å²) < 4.78 is 5.65. The molecule has 116 valence electrons. The van der Waals surface area contributed by atoms with Crippen LogP contribution >= 0.6 is 0 Å². The van der Waals surface area contributed by atoms with Crippen LogP contribution in [0.4, 0.5) is 0 Å². The summed E-state index contributed by atoms with van der Waals surface area (Å²) in [5.74, 6) is 0.699. The molecule has 1 unspecified atom stereocenters. The summed E-state index contributed by atoms with van der Waals surface area (Å²) in [5, 5.41) is 9.91. The highest BCUT2D eigenvalue weighted by Crippen LogP contribution is 2.21. The Kier molecular flexibility index (Phi) is 5.62. The van der Waals surface area contributed by atoms with Crippen molar-refractivity contribution in [2.45, 2.75) is 45.8 Å². The molecule has 0 spiro atoms. The lowest BCUT2D eigenvalue weighted by molar-refractivity contribution is -0.134. The topological polar surface area (TPSA) is 49.8 Å². The molecule has 1 aromatic carbocycles. The van der Waals surface area contributed by atoms with Gasteiger partial charge in [0.05, 0.1) is 6.10 Å². The van der Waals surface area contributed by atoms with E-state index in [4.69, 9.17) is 4.74 Å². The van der Waals surface area contributed by atoms with E-state index in [9.17, 15) is 9.90 Å². The van der Waals surface area contributed by atoms with E-state index in [1.807, 2.05) is 30.9 Å². The van der Waals surface area contributed by atoms with E-state index in [1.54, 1.807) is 12.1 Å². The molecule has 0 saturated carbocycles. The van der Waals surface area contributed by atoms with Crippen LogP contribution in [0.15, 0.2) is 24.3 Å². The molecule has 1 N–H and O–H groups in total. The predicted molar refractivity (Wildman–Crippen MR) is 82.0 cm³/mol. The Morgan fingerprint density at radius 3 is 2.81 bits per heavy atom. The highest BCUT2D eigenvalue weighted by molar-refractivity contribution is 5.76. The first kappa shape index (κ1) is 15.8. The average Bonchev–Trinajstić information content (AvgIpc) is 2.92. The summed E-state index contributed by atoms with van der Waals surface area (Å²) in [6.45, 7) is 5.93. The third kappa shape index (κ3) is 4.74. The van der Waals surface area contributed by atoms with Crippen molar-refractivity contribution in [2.75, 3.05) is 13.2 Å². The van der Waals surface area contributed by atoms with Gasteiger partial charge in [-0.05, 0) is 24.8 Å². The quantitative estimate of drug-likeness (QED) is 0.876. The third-order valence-corrected chi connectivity index (χ3v) is 3.74. The molecule has 1 fully saturated rings. The molecule has 1 aliphatic heterocycles. The van der Waals surface area contributed by atoms with Gasteiger partial charge in [-0.3, -0.25) is 4.79 Å². The first-order valence-electron chi connectivity index (χ1n) is 7.72. The van der Waals surface area contributed by atoms with E-state index in [1.165, 1.54) is 0 Å². The lowest BCUT2D eigenvalue weighted by Crippen LogP contribution is -2.37. The molecule has 4 heteroatoms. The molecule has 1 atom stereocenters. The molecular formula is C17H25NO3. The van der Waals surface area contributed by atoms with E-state index in [-0.39, 0.29) is 17.8 Å².